The van der Waals surface area contributed by atoms with E-state index in [-0.39, 0.29) is 11.8 Å². The van der Waals surface area contributed by atoms with Gasteiger partial charge in [0, 0.05) is 19.2 Å². The molecule has 0 heterocycles. The van der Waals surface area contributed by atoms with Gasteiger partial charge in [0.05, 0.1) is 0 Å². The third-order valence-corrected chi connectivity index (χ3v) is 2.44. The van der Waals surface area contributed by atoms with E-state index in [9.17, 15) is 4.79 Å². The predicted octanol–water partition coefficient (Wildman–Crippen LogP) is 1.63. The number of carbonyl (C=O) groups excluding carboxylic acids is 1. The minimum absolute atomic E-state index is 0.110. The van der Waals surface area contributed by atoms with E-state index >= 15 is 0 Å². The molecule has 3 nitrogen and oxygen atoms in total. The molecule has 0 saturated carbocycles. The first-order chi connectivity index (χ1) is 7.15. The average molecular weight is 206 g/mol. The first-order valence-corrected chi connectivity index (χ1v) is 5.16. The molecule has 1 unspecified atom stereocenters. The number of amides is 1. The standard InChI is InChI=1S/C12H18N2O/c1-10(9-13)8-12(15)14(2)11-6-4-3-5-7-11/h3-7,10H,8-9,13H2,1-2H3. The summed E-state index contributed by atoms with van der Waals surface area (Å²) in [4.78, 5) is 13.5. The van der Waals surface area contributed by atoms with E-state index in [4.69, 9.17) is 5.73 Å². The fraction of sp³-hybridized carbons (Fsp3) is 0.417. The summed E-state index contributed by atoms with van der Waals surface area (Å²) < 4.78 is 0. The number of hydrogen-bond acceptors (Lipinski definition) is 2. The van der Waals surface area contributed by atoms with Gasteiger partial charge in [-0.2, -0.15) is 0 Å². The smallest absolute Gasteiger partial charge is 0.227 e. The number of rotatable bonds is 4. The van der Waals surface area contributed by atoms with Crippen molar-refractivity contribution in [2.45, 2.75) is 13.3 Å². The third kappa shape index (κ3) is 3.36. The zero-order valence-electron chi connectivity index (χ0n) is 9.31. The second-order valence-electron chi connectivity index (χ2n) is 3.83. The van der Waals surface area contributed by atoms with Crippen LogP contribution >= 0.6 is 0 Å². The largest absolute Gasteiger partial charge is 0.330 e. The highest BCUT2D eigenvalue weighted by Crippen LogP contribution is 2.13. The van der Waals surface area contributed by atoms with Gasteiger partial charge in [-0.1, -0.05) is 25.1 Å². The van der Waals surface area contributed by atoms with Crippen molar-refractivity contribution in [3.8, 4) is 0 Å². The topological polar surface area (TPSA) is 46.3 Å². The van der Waals surface area contributed by atoms with Crippen LogP contribution in [0, 0.1) is 5.92 Å². The van der Waals surface area contributed by atoms with Crippen molar-refractivity contribution in [1.29, 1.82) is 0 Å². The maximum Gasteiger partial charge on any atom is 0.227 e. The van der Waals surface area contributed by atoms with E-state index in [1.54, 1.807) is 11.9 Å². The quantitative estimate of drug-likeness (QED) is 0.814. The number of hydrogen-bond donors (Lipinski definition) is 1. The third-order valence-electron chi connectivity index (χ3n) is 2.44. The normalized spacial score (nSPS) is 12.2. The minimum Gasteiger partial charge on any atom is -0.330 e. The zero-order chi connectivity index (χ0) is 11.3. The lowest BCUT2D eigenvalue weighted by Crippen LogP contribution is -2.29. The molecule has 1 aromatic rings. The van der Waals surface area contributed by atoms with Gasteiger partial charge >= 0.3 is 0 Å². The summed E-state index contributed by atoms with van der Waals surface area (Å²) in [5.41, 5.74) is 6.41. The minimum atomic E-state index is 0.110. The molecule has 0 bridgehead atoms. The average Bonchev–Trinajstić information content (AvgIpc) is 2.29. The van der Waals surface area contributed by atoms with Gasteiger partial charge < -0.3 is 10.6 Å². The first kappa shape index (κ1) is 11.7. The molecule has 0 saturated heterocycles. The van der Waals surface area contributed by atoms with E-state index in [2.05, 4.69) is 0 Å². The zero-order valence-corrected chi connectivity index (χ0v) is 9.31. The van der Waals surface area contributed by atoms with Crippen LogP contribution in [0.5, 0.6) is 0 Å². The van der Waals surface area contributed by atoms with Gasteiger partial charge in [0.2, 0.25) is 5.91 Å². The van der Waals surface area contributed by atoms with E-state index in [0.29, 0.717) is 13.0 Å². The van der Waals surface area contributed by atoms with Gasteiger partial charge in [-0.05, 0) is 24.6 Å². The Morgan fingerprint density at radius 1 is 1.40 bits per heavy atom. The number of nitrogens with two attached hydrogens (primary N) is 1. The summed E-state index contributed by atoms with van der Waals surface area (Å²) in [6, 6.07) is 9.62. The first-order valence-electron chi connectivity index (χ1n) is 5.16. The van der Waals surface area contributed by atoms with Gasteiger partial charge in [0.15, 0.2) is 0 Å². The van der Waals surface area contributed by atoms with Crippen molar-refractivity contribution >= 4 is 11.6 Å². The molecule has 0 aliphatic rings. The highest BCUT2D eigenvalue weighted by atomic mass is 16.2. The van der Waals surface area contributed by atoms with E-state index < -0.39 is 0 Å². The van der Waals surface area contributed by atoms with Crippen molar-refractivity contribution in [3.05, 3.63) is 30.3 Å². The van der Waals surface area contributed by atoms with Crippen LogP contribution in [0.2, 0.25) is 0 Å². The predicted molar refractivity (Wildman–Crippen MR) is 62.7 cm³/mol. The number of benzene rings is 1. The van der Waals surface area contributed by atoms with Crippen molar-refractivity contribution in [3.63, 3.8) is 0 Å². The van der Waals surface area contributed by atoms with Crippen LogP contribution in [0.15, 0.2) is 30.3 Å². The second-order valence-corrected chi connectivity index (χ2v) is 3.83. The summed E-state index contributed by atoms with van der Waals surface area (Å²) in [6.45, 7) is 2.53. The Morgan fingerprint density at radius 3 is 2.53 bits per heavy atom. The fourth-order valence-corrected chi connectivity index (χ4v) is 1.31. The van der Waals surface area contributed by atoms with Crippen molar-refractivity contribution in [2.24, 2.45) is 11.7 Å². The van der Waals surface area contributed by atoms with Gasteiger partial charge in [0.25, 0.3) is 0 Å². The number of para-hydroxylation sites is 1. The highest BCUT2D eigenvalue weighted by molar-refractivity contribution is 5.92. The van der Waals surface area contributed by atoms with Crippen LogP contribution in [0.25, 0.3) is 0 Å². The Morgan fingerprint density at radius 2 is 2.00 bits per heavy atom. The van der Waals surface area contributed by atoms with Crippen molar-refractivity contribution in [1.82, 2.24) is 0 Å². The summed E-state index contributed by atoms with van der Waals surface area (Å²) in [6.07, 6.45) is 0.502. The SMILES string of the molecule is CC(CN)CC(=O)N(C)c1ccccc1. The van der Waals surface area contributed by atoms with Crippen LogP contribution in [0.4, 0.5) is 5.69 Å². The maximum absolute atomic E-state index is 11.8. The Kier molecular flexibility index (Phi) is 4.31. The molecule has 0 aliphatic heterocycles. The van der Waals surface area contributed by atoms with Crippen LogP contribution < -0.4 is 10.6 Å². The summed E-state index contributed by atoms with van der Waals surface area (Å²) in [5, 5.41) is 0. The molecule has 3 heteroatoms. The molecule has 1 aromatic carbocycles. The highest BCUT2D eigenvalue weighted by Gasteiger charge is 2.13. The molecular formula is C12H18N2O. The Bertz CT molecular complexity index is 311. The summed E-state index contributed by atoms with van der Waals surface area (Å²) in [5.74, 6) is 0.350. The molecule has 1 amide bonds. The van der Waals surface area contributed by atoms with Gasteiger partial charge in [-0.15, -0.1) is 0 Å². The molecule has 15 heavy (non-hydrogen) atoms. The van der Waals surface area contributed by atoms with Crippen LogP contribution in [-0.2, 0) is 4.79 Å². The monoisotopic (exact) mass is 206 g/mol. The Labute approximate surface area is 90.9 Å². The molecule has 0 aromatic heterocycles. The van der Waals surface area contributed by atoms with Crippen molar-refractivity contribution in [2.75, 3.05) is 18.5 Å². The van der Waals surface area contributed by atoms with Crippen LogP contribution in [0.1, 0.15) is 13.3 Å². The molecule has 2 N–H and O–H groups in total. The molecule has 0 fully saturated rings. The lowest BCUT2D eigenvalue weighted by Gasteiger charge is -2.19. The van der Waals surface area contributed by atoms with E-state index in [0.717, 1.165) is 5.69 Å². The number of carbonyl (C=O) groups is 1. The number of anilines is 1. The van der Waals surface area contributed by atoms with Gasteiger partial charge in [0.1, 0.15) is 0 Å². The lowest BCUT2D eigenvalue weighted by atomic mass is 10.1. The molecule has 0 spiro atoms. The molecule has 1 rings (SSSR count). The molecule has 1 atom stereocenters. The van der Waals surface area contributed by atoms with Gasteiger partial charge in [-0.25, -0.2) is 0 Å². The lowest BCUT2D eigenvalue weighted by molar-refractivity contribution is -0.119. The second kappa shape index (κ2) is 5.51. The maximum atomic E-state index is 11.8. The Balaban J connectivity index is 2.61. The van der Waals surface area contributed by atoms with Gasteiger partial charge in [-0.3, -0.25) is 4.79 Å². The number of nitrogens with zero attached hydrogens (tertiary/aromatic N) is 1. The molecule has 82 valence electrons. The van der Waals surface area contributed by atoms with Crippen LogP contribution in [-0.4, -0.2) is 19.5 Å². The van der Waals surface area contributed by atoms with Crippen molar-refractivity contribution < 1.29 is 4.79 Å². The summed E-state index contributed by atoms with van der Waals surface area (Å²) >= 11 is 0. The molecular weight excluding hydrogens is 188 g/mol. The molecule has 0 aliphatic carbocycles. The van der Waals surface area contributed by atoms with E-state index in [1.165, 1.54) is 0 Å². The van der Waals surface area contributed by atoms with E-state index in [1.807, 2.05) is 37.3 Å². The van der Waals surface area contributed by atoms with Crippen LogP contribution in [0.3, 0.4) is 0 Å². The Hall–Kier alpha value is -1.35. The fourth-order valence-electron chi connectivity index (χ4n) is 1.31. The summed E-state index contributed by atoms with van der Waals surface area (Å²) in [7, 11) is 1.79. The molecule has 0 radical (unpaired) electrons.